The Morgan fingerprint density at radius 1 is 1.25 bits per heavy atom. The van der Waals surface area contributed by atoms with Crippen molar-refractivity contribution in [3.8, 4) is 0 Å². The lowest BCUT2D eigenvalue weighted by molar-refractivity contribution is 0.102. The van der Waals surface area contributed by atoms with Crippen LogP contribution in [0.4, 0.5) is 5.69 Å². The Labute approximate surface area is 124 Å². The summed E-state index contributed by atoms with van der Waals surface area (Å²) < 4.78 is 0. The van der Waals surface area contributed by atoms with Crippen molar-refractivity contribution in [2.45, 2.75) is 26.2 Å². The van der Waals surface area contributed by atoms with Gasteiger partial charge in [0.05, 0.1) is 5.56 Å². The van der Waals surface area contributed by atoms with Gasteiger partial charge >= 0.3 is 0 Å². The topological polar surface area (TPSA) is 42.0 Å². The molecule has 0 saturated heterocycles. The molecule has 0 fully saturated rings. The highest BCUT2D eigenvalue weighted by Gasteiger charge is 2.07. The lowest BCUT2D eigenvalue weighted by atomic mass is 9.99. The summed E-state index contributed by atoms with van der Waals surface area (Å²) in [5.41, 5.74) is 2.54. The molecule has 0 aliphatic carbocycles. The second-order valence-corrected chi connectivity index (χ2v) is 5.14. The average Bonchev–Trinajstić information content (AvgIpc) is 2.48. The highest BCUT2D eigenvalue weighted by Crippen LogP contribution is 2.20. The van der Waals surface area contributed by atoms with Crippen LogP contribution >= 0.6 is 11.6 Å². The number of hydrogen-bond donors (Lipinski definition) is 1. The summed E-state index contributed by atoms with van der Waals surface area (Å²) in [7, 11) is 0. The van der Waals surface area contributed by atoms with Crippen LogP contribution in [0.25, 0.3) is 0 Å². The number of rotatable bonds is 4. The van der Waals surface area contributed by atoms with Gasteiger partial charge in [0.1, 0.15) is 5.15 Å². The minimum Gasteiger partial charge on any atom is -0.322 e. The van der Waals surface area contributed by atoms with Crippen LogP contribution in [0.2, 0.25) is 5.15 Å². The van der Waals surface area contributed by atoms with Crippen LogP contribution in [-0.2, 0) is 0 Å². The number of halogens is 1. The number of nitrogens with one attached hydrogen (secondary N) is 1. The standard InChI is InChI=1S/C16H17ClN2O/c1-3-11(2)12-4-7-14(8-5-12)19-16(20)13-6-9-15(17)18-10-13/h4-11H,3H2,1-2H3,(H,19,20). The Bertz CT molecular complexity index is 578. The van der Waals surface area contributed by atoms with E-state index in [9.17, 15) is 4.79 Å². The van der Waals surface area contributed by atoms with E-state index in [2.05, 4.69) is 24.1 Å². The molecule has 3 nitrogen and oxygen atoms in total. The number of benzene rings is 1. The fraction of sp³-hybridized carbons (Fsp3) is 0.250. The first-order chi connectivity index (χ1) is 9.60. The molecule has 1 heterocycles. The van der Waals surface area contributed by atoms with E-state index in [1.165, 1.54) is 11.8 Å². The first-order valence-corrected chi connectivity index (χ1v) is 7.00. The van der Waals surface area contributed by atoms with Gasteiger partial charge < -0.3 is 5.32 Å². The van der Waals surface area contributed by atoms with Crippen LogP contribution in [0.5, 0.6) is 0 Å². The van der Waals surface area contributed by atoms with Crippen molar-refractivity contribution in [1.29, 1.82) is 0 Å². The van der Waals surface area contributed by atoms with Crippen molar-refractivity contribution in [2.75, 3.05) is 5.32 Å². The Hall–Kier alpha value is -1.87. The molecule has 1 N–H and O–H groups in total. The predicted molar refractivity (Wildman–Crippen MR) is 82.3 cm³/mol. The first kappa shape index (κ1) is 14.5. The van der Waals surface area contributed by atoms with Crippen molar-refractivity contribution in [3.63, 3.8) is 0 Å². The smallest absolute Gasteiger partial charge is 0.257 e. The van der Waals surface area contributed by atoms with Gasteiger partial charge in [-0.3, -0.25) is 4.79 Å². The number of hydrogen-bond acceptors (Lipinski definition) is 2. The number of carbonyl (C=O) groups is 1. The van der Waals surface area contributed by atoms with Gasteiger partial charge in [-0.2, -0.15) is 0 Å². The zero-order chi connectivity index (χ0) is 14.5. The lowest BCUT2D eigenvalue weighted by Crippen LogP contribution is -2.12. The van der Waals surface area contributed by atoms with Crippen molar-refractivity contribution < 1.29 is 4.79 Å². The second-order valence-electron chi connectivity index (χ2n) is 4.76. The summed E-state index contributed by atoms with van der Waals surface area (Å²) in [5, 5.41) is 3.21. The molecule has 20 heavy (non-hydrogen) atoms. The van der Waals surface area contributed by atoms with Crippen LogP contribution < -0.4 is 5.32 Å². The van der Waals surface area contributed by atoms with Gasteiger partial charge in [0.15, 0.2) is 0 Å². The summed E-state index contributed by atoms with van der Waals surface area (Å²) in [6, 6.07) is 11.2. The Balaban J connectivity index is 2.06. The minimum atomic E-state index is -0.189. The largest absolute Gasteiger partial charge is 0.322 e. The van der Waals surface area contributed by atoms with Crippen molar-refractivity contribution in [3.05, 3.63) is 58.9 Å². The normalized spacial score (nSPS) is 11.9. The van der Waals surface area contributed by atoms with Gasteiger partial charge in [-0.25, -0.2) is 4.98 Å². The molecule has 0 aliphatic rings. The maximum absolute atomic E-state index is 12.0. The van der Waals surface area contributed by atoms with E-state index in [0.29, 0.717) is 16.6 Å². The molecular formula is C16H17ClN2O. The van der Waals surface area contributed by atoms with Crippen LogP contribution in [0.1, 0.15) is 42.1 Å². The monoisotopic (exact) mass is 288 g/mol. The van der Waals surface area contributed by atoms with Crippen molar-refractivity contribution in [2.24, 2.45) is 0 Å². The highest BCUT2D eigenvalue weighted by atomic mass is 35.5. The maximum atomic E-state index is 12.0. The van der Waals surface area contributed by atoms with E-state index in [4.69, 9.17) is 11.6 Å². The van der Waals surface area contributed by atoms with Gasteiger partial charge in [0.2, 0.25) is 0 Å². The molecule has 1 amide bonds. The van der Waals surface area contributed by atoms with Crippen LogP contribution in [-0.4, -0.2) is 10.9 Å². The average molecular weight is 289 g/mol. The Kier molecular flexibility index (Phi) is 4.74. The van der Waals surface area contributed by atoms with E-state index < -0.39 is 0 Å². The zero-order valence-corrected chi connectivity index (χ0v) is 12.3. The SMILES string of the molecule is CCC(C)c1ccc(NC(=O)c2ccc(Cl)nc2)cc1. The van der Waals surface area contributed by atoms with Gasteiger partial charge in [-0.05, 0) is 42.2 Å². The number of amides is 1. The van der Waals surface area contributed by atoms with Crippen molar-refractivity contribution in [1.82, 2.24) is 4.98 Å². The first-order valence-electron chi connectivity index (χ1n) is 6.63. The predicted octanol–water partition coefficient (Wildman–Crippen LogP) is 4.50. The molecule has 2 aromatic rings. The molecule has 0 radical (unpaired) electrons. The van der Waals surface area contributed by atoms with E-state index in [1.54, 1.807) is 12.1 Å². The molecule has 1 aromatic heterocycles. The molecule has 4 heteroatoms. The van der Waals surface area contributed by atoms with E-state index in [0.717, 1.165) is 12.1 Å². The molecule has 1 aromatic carbocycles. The van der Waals surface area contributed by atoms with E-state index >= 15 is 0 Å². The number of carbonyl (C=O) groups excluding carboxylic acids is 1. The summed E-state index contributed by atoms with van der Waals surface area (Å²) in [6.07, 6.45) is 2.56. The molecular weight excluding hydrogens is 272 g/mol. The van der Waals surface area contributed by atoms with E-state index in [-0.39, 0.29) is 5.91 Å². The van der Waals surface area contributed by atoms with Crippen LogP contribution in [0, 0.1) is 0 Å². The Morgan fingerprint density at radius 3 is 2.50 bits per heavy atom. The molecule has 0 aliphatic heterocycles. The zero-order valence-electron chi connectivity index (χ0n) is 11.6. The summed E-state index contributed by atoms with van der Waals surface area (Å²) >= 11 is 5.69. The number of anilines is 1. The molecule has 0 saturated carbocycles. The van der Waals surface area contributed by atoms with E-state index in [1.807, 2.05) is 24.3 Å². The number of pyridine rings is 1. The molecule has 0 spiro atoms. The third kappa shape index (κ3) is 3.58. The Morgan fingerprint density at radius 2 is 1.95 bits per heavy atom. The van der Waals surface area contributed by atoms with Crippen LogP contribution in [0.3, 0.4) is 0 Å². The summed E-state index contributed by atoms with van der Waals surface area (Å²) in [4.78, 5) is 15.9. The number of aromatic nitrogens is 1. The van der Waals surface area contributed by atoms with Crippen LogP contribution in [0.15, 0.2) is 42.6 Å². The highest BCUT2D eigenvalue weighted by molar-refractivity contribution is 6.29. The van der Waals surface area contributed by atoms with Crippen molar-refractivity contribution >= 4 is 23.2 Å². The second kappa shape index (κ2) is 6.53. The molecule has 1 atom stereocenters. The molecule has 0 bridgehead atoms. The minimum absolute atomic E-state index is 0.189. The summed E-state index contributed by atoms with van der Waals surface area (Å²) in [6.45, 7) is 4.35. The maximum Gasteiger partial charge on any atom is 0.257 e. The van der Waals surface area contributed by atoms with Gasteiger partial charge in [-0.15, -0.1) is 0 Å². The third-order valence-corrected chi connectivity index (χ3v) is 3.56. The lowest BCUT2D eigenvalue weighted by Gasteiger charge is -2.10. The summed E-state index contributed by atoms with van der Waals surface area (Å²) in [5.74, 6) is 0.339. The quantitative estimate of drug-likeness (QED) is 0.842. The van der Waals surface area contributed by atoms with Gasteiger partial charge in [0, 0.05) is 11.9 Å². The van der Waals surface area contributed by atoms with Gasteiger partial charge in [-0.1, -0.05) is 37.6 Å². The molecule has 104 valence electrons. The molecule has 1 unspecified atom stereocenters. The fourth-order valence-corrected chi connectivity index (χ4v) is 1.96. The third-order valence-electron chi connectivity index (χ3n) is 3.34. The number of nitrogens with zero attached hydrogens (tertiary/aromatic N) is 1. The molecule has 2 rings (SSSR count). The fourth-order valence-electron chi connectivity index (χ4n) is 1.84. The van der Waals surface area contributed by atoms with Gasteiger partial charge in [0.25, 0.3) is 5.91 Å².